The lowest BCUT2D eigenvalue weighted by Crippen LogP contribution is -2.16. The van der Waals surface area contributed by atoms with Gasteiger partial charge in [0.15, 0.2) is 11.6 Å². The summed E-state index contributed by atoms with van der Waals surface area (Å²) in [5, 5.41) is 20.1. The van der Waals surface area contributed by atoms with Crippen LogP contribution in [0.15, 0.2) is 60.7 Å². The normalized spacial score (nSPS) is 19.3. The van der Waals surface area contributed by atoms with Gasteiger partial charge in [-0.1, -0.05) is 48.5 Å². The molecule has 2 aliphatic rings. The topological polar surface area (TPSA) is 74.6 Å². The first-order chi connectivity index (χ1) is 11.6. The molecule has 0 amide bonds. The number of hydrogen-bond acceptors (Lipinski definition) is 4. The van der Waals surface area contributed by atoms with E-state index in [0.29, 0.717) is 22.3 Å². The zero-order chi connectivity index (χ0) is 16.8. The van der Waals surface area contributed by atoms with Crippen molar-refractivity contribution in [1.82, 2.24) is 0 Å². The highest BCUT2D eigenvalue weighted by Gasteiger charge is 2.31. The van der Waals surface area contributed by atoms with Crippen LogP contribution >= 0.6 is 0 Å². The number of allylic oxidation sites excluding steroid dienone is 4. The van der Waals surface area contributed by atoms with Gasteiger partial charge in [0.05, 0.1) is 0 Å². The maximum Gasteiger partial charge on any atom is 0.190 e. The SMILES string of the molecule is O=C1C=C(O)c2ccccc2/C1=C1\C(=O)C=C(O)c2ccccc21. The number of fused-ring (bicyclic) bond motifs is 2. The largest absolute Gasteiger partial charge is 0.507 e. The number of rotatable bonds is 0. The van der Waals surface area contributed by atoms with Crippen molar-refractivity contribution in [2.75, 3.05) is 0 Å². The standard InChI is InChI=1S/C20H12O4/c21-15-9-17(23)19(13-7-3-1-5-11(13)15)20-14-8-4-2-6-12(14)16(22)10-18(20)24/h1-10,21-22H/b20-19+. The molecule has 0 heterocycles. The van der Waals surface area contributed by atoms with Gasteiger partial charge < -0.3 is 10.2 Å². The van der Waals surface area contributed by atoms with E-state index < -0.39 is 11.6 Å². The number of carbonyl (C=O) groups excluding carboxylic acids is 2. The Bertz CT molecular complexity index is 924. The fraction of sp³-hybridized carbons (Fsp3) is 0. The third-order valence-electron chi connectivity index (χ3n) is 4.22. The third-order valence-corrected chi connectivity index (χ3v) is 4.22. The highest BCUT2D eigenvalue weighted by atomic mass is 16.3. The van der Waals surface area contributed by atoms with Crippen LogP contribution in [-0.2, 0) is 9.59 Å². The highest BCUT2D eigenvalue weighted by Crippen LogP contribution is 2.40. The summed E-state index contributed by atoms with van der Waals surface area (Å²) in [4.78, 5) is 25.1. The van der Waals surface area contributed by atoms with Crippen LogP contribution in [0, 0.1) is 0 Å². The Morgan fingerprint density at radius 3 is 1.25 bits per heavy atom. The Morgan fingerprint density at radius 1 is 0.542 bits per heavy atom. The van der Waals surface area contributed by atoms with Crippen LogP contribution in [0.2, 0.25) is 0 Å². The first-order valence-corrected chi connectivity index (χ1v) is 7.41. The van der Waals surface area contributed by atoms with Gasteiger partial charge in [-0.15, -0.1) is 0 Å². The lowest BCUT2D eigenvalue weighted by atomic mass is 9.80. The molecule has 0 aliphatic heterocycles. The van der Waals surface area contributed by atoms with Gasteiger partial charge >= 0.3 is 0 Å². The summed E-state index contributed by atoms with van der Waals surface area (Å²) in [7, 11) is 0. The molecule has 4 heteroatoms. The Labute approximate surface area is 137 Å². The molecule has 24 heavy (non-hydrogen) atoms. The van der Waals surface area contributed by atoms with Gasteiger partial charge in [0.1, 0.15) is 11.5 Å². The number of hydrogen-bond donors (Lipinski definition) is 2. The molecule has 0 spiro atoms. The molecular formula is C20H12O4. The summed E-state index contributed by atoms with van der Waals surface area (Å²) < 4.78 is 0. The summed E-state index contributed by atoms with van der Waals surface area (Å²) in [5.41, 5.74) is 2.51. The van der Waals surface area contributed by atoms with E-state index in [1.54, 1.807) is 48.5 Å². The minimum atomic E-state index is -0.431. The van der Waals surface area contributed by atoms with Crippen LogP contribution in [0.25, 0.3) is 22.7 Å². The van der Waals surface area contributed by atoms with Gasteiger partial charge in [0, 0.05) is 34.4 Å². The van der Waals surface area contributed by atoms with Gasteiger partial charge in [-0.25, -0.2) is 0 Å². The Balaban J connectivity index is 2.11. The predicted molar refractivity (Wildman–Crippen MR) is 90.9 cm³/mol. The van der Waals surface area contributed by atoms with Crippen LogP contribution in [0.5, 0.6) is 0 Å². The number of benzene rings is 2. The van der Waals surface area contributed by atoms with Crippen molar-refractivity contribution in [2.45, 2.75) is 0 Å². The van der Waals surface area contributed by atoms with Crippen molar-refractivity contribution in [3.05, 3.63) is 82.9 Å². The van der Waals surface area contributed by atoms with E-state index in [0.717, 1.165) is 12.2 Å². The summed E-state index contributed by atoms with van der Waals surface area (Å²) in [5.74, 6) is -1.09. The first-order valence-electron chi connectivity index (χ1n) is 7.41. The van der Waals surface area contributed by atoms with E-state index in [1.807, 2.05) is 0 Å². The van der Waals surface area contributed by atoms with Crippen LogP contribution in [-0.4, -0.2) is 21.8 Å². The fourth-order valence-corrected chi connectivity index (χ4v) is 3.18. The second-order valence-electron chi connectivity index (χ2n) is 5.63. The van der Waals surface area contributed by atoms with E-state index in [2.05, 4.69) is 0 Å². The number of carbonyl (C=O) groups is 2. The van der Waals surface area contributed by atoms with Gasteiger partial charge in [0.25, 0.3) is 0 Å². The molecule has 0 unspecified atom stereocenters. The molecule has 0 saturated carbocycles. The average Bonchev–Trinajstić information content (AvgIpc) is 2.57. The molecule has 2 aromatic rings. The molecule has 4 rings (SSSR count). The first kappa shape index (κ1) is 14.2. The second-order valence-corrected chi connectivity index (χ2v) is 5.63. The van der Waals surface area contributed by atoms with Crippen LogP contribution in [0.4, 0.5) is 0 Å². The third kappa shape index (κ3) is 1.93. The molecule has 0 fully saturated rings. The second kappa shape index (κ2) is 5.06. The summed E-state index contributed by atoms with van der Waals surface area (Å²) in [6.07, 6.45) is 2.25. The van der Waals surface area contributed by atoms with E-state index in [4.69, 9.17) is 0 Å². The number of aliphatic hydroxyl groups excluding tert-OH is 2. The van der Waals surface area contributed by atoms with Crippen molar-refractivity contribution in [3.8, 4) is 0 Å². The molecule has 2 aromatic carbocycles. The predicted octanol–water partition coefficient (Wildman–Crippen LogP) is 3.56. The van der Waals surface area contributed by atoms with Crippen molar-refractivity contribution in [2.24, 2.45) is 0 Å². The molecule has 2 N–H and O–H groups in total. The van der Waals surface area contributed by atoms with Crippen LogP contribution < -0.4 is 0 Å². The van der Waals surface area contributed by atoms with E-state index in [9.17, 15) is 19.8 Å². The van der Waals surface area contributed by atoms with E-state index in [-0.39, 0.29) is 22.7 Å². The maximum atomic E-state index is 12.6. The summed E-state index contributed by atoms with van der Waals surface area (Å²) >= 11 is 0. The zero-order valence-electron chi connectivity index (χ0n) is 12.5. The minimum Gasteiger partial charge on any atom is -0.507 e. The average molecular weight is 316 g/mol. The lowest BCUT2D eigenvalue weighted by molar-refractivity contribution is -0.111. The molecule has 0 saturated heterocycles. The Kier molecular flexibility index (Phi) is 3.00. The number of ketones is 2. The van der Waals surface area contributed by atoms with Gasteiger partial charge in [-0.2, -0.15) is 0 Å². The van der Waals surface area contributed by atoms with E-state index >= 15 is 0 Å². The summed E-state index contributed by atoms with van der Waals surface area (Å²) in [6.45, 7) is 0. The lowest BCUT2D eigenvalue weighted by Gasteiger charge is -2.22. The van der Waals surface area contributed by atoms with Gasteiger partial charge in [0.2, 0.25) is 0 Å². The number of aliphatic hydroxyl groups is 2. The van der Waals surface area contributed by atoms with Gasteiger partial charge in [-0.05, 0) is 11.1 Å². The Morgan fingerprint density at radius 2 is 0.875 bits per heavy atom. The van der Waals surface area contributed by atoms with Crippen molar-refractivity contribution >= 4 is 34.2 Å². The molecule has 0 aromatic heterocycles. The van der Waals surface area contributed by atoms with Crippen LogP contribution in [0.3, 0.4) is 0 Å². The quantitative estimate of drug-likeness (QED) is 0.729. The van der Waals surface area contributed by atoms with Crippen molar-refractivity contribution in [1.29, 1.82) is 0 Å². The monoisotopic (exact) mass is 316 g/mol. The Hall–Kier alpha value is -3.40. The highest BCUT2D eigenvalue weighted by molar-refractivity contribution is 6.47. The summed E-state index contributed by atoms with van der Waals surface area (Å²) in [6, 6.07) is 13.8. The smallest absolute Gasteiger partial charge is 0.190 e. The fourth-order valence-electron chi connectivity index (χ4n) is 3.18. The molecule has 0 bridgehead atoms. The van der Waals surface area contributed by atoms with Crippen LogP contribution in [0.1, 0.15) is 22.3 Å². The molecule has 2 aliphatic carbocycles. The van der Waals surface area contributed by atoms with Crippen molar-refractivity contribution < 1.29 is 19.8 Å². The van der Waals surface area contributed by atoms with Crippen molar-refractivity contribution in [3.63, 3.8) is 0 Å². The molecule has 4 nitrogen and oxygen atoms in total. The molecule has 0 radical (unpaired) electrons. The molecule has 116 valence electrons. The molecular weight excluding hydrogens is 304 g/mol. The zero-order valence-corrected chi connectivity index (χ0v) is 12.5. The minimum absolute atomic E-state index is 0.116. The van der Waals surface area contributed by atoms with E-state index in [1.165, 1.54) is 0 Å². The van der Waals surface area contributed by atoms with Gasteiger partial charge in [-0.3, -0.25) is 9.59 Å². The maximum absolute atomic E-state index is 12.6. The molecule has 0 atom stereocenters.